The third-order valence-electron chi connectivity index (χ3n) is 4.40. The minimum atomic E-state index is -0.329. The Morgan fingerprint density at radius 3 is 2.56 bits per heavy atom. The second-order valence-corrected chi connectivity index (χ2v) is 6.20. The van der Waals surface area contributed by atoms with Gasteiger partial charge in [0.25, 0.3) is 5.91 Å². The summed E-state index contributed by atoms with van der Waals surface area (Å²) in [5, 5.41) is 13.5. The molecule has 4 rings (SSSR count). The quantitative estimate of drug-likeness (QED) is 0.422. The van der Waals surface area contributed by atoms with Gasteiger partial charge in [0.2, 0.25) is 0 Å². The molecule has 2 N–H and O–H groups in total. The fraction of sp³-hybridized carbons (Fsp3) is 0.0455. The Hall–Kier alpha value is -3.73. The summed E-state index contributed by atoms with van der Waals surface area (Å²) in [7, 11) is 0. The van der Waals surface area contributed by atoms with Crippen LogP contribution in [0.2, 0.25) is 0 Å². The molecule has 0 saturated carbocycles. The minimum absolute atomic E-state index is 0.329. The van der Waals surface area contributed by atoms with Gasteiger partial charge in [-0.1, -0.05) is 72.8 Å². The maximum Gasteiger partial charge on any atom is 0.289 e. The smallest absolute Gasteiger partial charge is 0.272 e. The molecule has 1 heterocycles. The summed E-state index contributed by atoms with van der Waals surface area (Å²) in [4.78, 5) is 12.4. The first-order valence-corrected chi connectivity index (χ1v) is 8.66. The summed E-state index contributed by atoms with van der Waals surface area (Å²) < 4.78 is 0. The van der Waals surface area contributed by atoms with Gasteiger partial charge >= 0.3 is 0 Å². The Morgan fingerprint density at radius 2 is 1.70 bits per heavy atom. The van der Waals surface area contributed by atoms with Gasteiger partial charge in [0.15, 0.2) is 0 Å². The number of nitrogens with zero attached hydrogens (tertiary/aromatic N) is 2. The molecule has 0 fully saturated rings. The van der Waals surface area contributed by atoms with Crippen molar-refractivity contribution in [3.8, 4) is 11.3 Å². The highest BCUT2D eigenvalue weighted by Crippen LogP contribution is 2.19. The number of nitrogens with one attached hydrogen (secondary N) is 2. The van der Waals surface area contributed by atoms with Crippen molar-refractivity contribution in [2.45, 2.75) is 6.92 Å². The van der Waals surface area contributed by atoms with Crippen molar-refractivity contribution in [2.75, 3.05) is 0 Å². The van der Waals surface area contributed by atoms with Gasteiger partial charge in [-0.2, -0.15) is 10.2 Å². The molecule has 0 unspecified atom stereocenters. The zero-order valence-electron chi connectivity index (χ0n) is 14.8. The lowest BCUT2D eigenvalue weighted by Gasteiger charge is -2.06. The van der Waals surface area contributed by atoms with Crippen molar-refractivity contribution in [1.82, 2.24) is 15.6 Å². The standard InChI is InChI=1S/C22H18N4O/c1-15(18-13-7-11-16-8-5-6-12-19(16)18)23-26-22(27)21-14-20(24-25-21)17-9-3-2-4-10-17/h2-14H,1H3,(H,24,25)(H,26,27)/b23-15-. The van der Waals surface area contributed by atoms with Crippen LogP contribution in [0.4, 0.5) is 0 Å². The molecule has 0 bridgehead atoms. The van der Waals surface area contributed by atoms with Crippen LogP contribution in [-0.4, -0.2) is 21.8 Å². The number of hydrogen-bond donors (Lipinski definition) is 2. The SMILES string of the molecule is C/C(=N/NC(=O)c1cc(-c2ccccc2)n[nH]1)c1cccc2ccccc12. The van der Waals surface area contributed by atoms with E-state index in [0.29, 0.717) is 5.69 Å². The number of aromatic nitrogens is 2. The first kappa shape index (κ1) is 16.7. The zero-order chi connectivity index (χ0) is 18.6. The summed E-state index contributed by atoms with van der Waals surface area (Å²) in [6.45, 7) is 1.88. The molecule has 0 radical (unpaired) electrons. The van der Waals surface area contributed by atoms with E-state index in [1.165, 1.54) is 0 Å². The monoisotopic (exact) mass is 354 g/mol. The van der Waals surface area contributed by atoms with Gasteiger partial charge in [-0.3, -0.25) is 9.89 Å². The van der Waals surface area contributed by atoms with E-state index in [2.05, 4.69) is 32.9 Å². The van der Waals surface area contributed by atoms with Crippen molar-refractivity contribution in [3.05, 3.63) is 90.1 Å². The van der Waals surface area contributed by atoms with Crippen molar-refractivity contribution < 1.29 is 4.79 Å². The highest BCUT2D eigenvalue weighted by atomic mass is 16.2. The molecule has 0 saturated heterocycles. The van der Waals surface area contributed by atoms with Crippen molar-refractivity contribution in [3.63, 3.8) is 0 Å². The molecular formula is C22H18N4O. The Morgan fingerprint density at radius 1 is 0.963 bits per heavy atom. The second kappa shape index (κ2) is 7.25. The van der Waals surface area contributed by atoms with Crippen molar-refractivity contribution in [1.29, 1.82) is 0 Å². The van der Waals surface area contributed by atoms with Crippen LogP contribution in [0.25, 0.3) is 22.0 Å². The largest absolute Gasteiger partial charge is 0.289 e. The first-order chi connectivity index (χ1) is 13.2. The number of fused-ring (bicyclic) bond motifs is 1. The van der Waals surface area contributed by atoms with E-state index in [-0.39, 0.29) is 5.91 Å². The van der Waals surface area contributed by atoms with Crippen molar-refractivity contribution >= 4 is 22.4 Å². The molecule has 27 heavy (non-hydrogen) atoms. The van der Waals surface area contributed by atoms with E-state index in [0.717, 1.165) is 33.3 Å². The topological polar surface area (TPSA) is 70.1 Å². The number of hydrogen-bond acceptors (Lipinski definition) is 3. The second-order valence-electron chi connectivity index (χ2n) is 6.20. The number of carbonyl (C=O) groups is 1. The van der Waals surface area contributed by atoms with Gasteiger partial charge in [0.05, 0.1) is 11.4 Å². The summed E-state index contributed by atoms with van der Waals surface area (Å²) in [6.07, 6.45) is 0. The van der Waals surface area contributed by atoms with Crippen molar-refractivity contribution in [2.24, 2.45) is 5.10 Å². The van der Waals surface area contributed by atoms with Gasteiger partial charge in [-0.25, -0.2) is 5.43 Å². The van der Waals surface area contributed by atoms with E-state index in [1.54, 1.807) is 6.07 Å². The molecule has 0 atom stereocenters. The van der Waals surface area contributed by atoms with E-state index in [9.17, 15) is 4.79 Å². The Bertz CT molecular complexity index is 1120. The average Bonchev–Trinajstić information content (AvgIpc) is 3.22. The number of hydrazone groups is 1. The fourth-order valence-electron chi connectivity index (χ4n) is 2.99. The minimum Gasteiger partial charge on any atom is -0.272 e. The molecule has 3 aromatic carbocycles. The third kappa shape index (κ3) is 3.48. The molecule has 1 amide bonds. The van der Waals surface area contributed by atoms with Crippen LogP contribution < -0.4 is 5.43 Å². The first-order valence-electron chi connectivity index (χ1n) is 8.66. The number of rotatable bonds is 4. The Kier molecular flexibility index (Phi) is 4.49. The number of carbonyl (C=O) groups excluding carboxylic acids is 1. The number of benzene rings is 3. The highest BCUT2D eigenvalue weighted by molar-refractivity contribution is 6.10. The molecule has 1 aromatic heterocycles. The van der Waals surface area contributed by atoms with Crippen LogP contribution in [-0.2, 0) is 0 Å². The maximum atomic E-state index is 12.4. The van der Waals surface area contributed by atoms with E-state index < -0.39 is 0 Å². The molecule has 132 valence electrons. The zero-order valence-corrected chi connectivity index (χ0v) is 14.8. The molecule has 0 aliphatic heterocycles. The predicted molar refractivity (Wildman–Crippen MR) is 108 cm³/mol. The maximum absolute atomic E-state index is 12.4. The normalized spacial score (nSPS) is 11.5. The Labute approximate surface area is 156 Å². The summed E-state index contributed by atoms with van der Waals surface area (Å²) in [6, 6.07) is 25.5. The van der Waals surface area contributed by atoms with Gasteiger partial charge in [0.1, 0.15) is 5.69 Å². The van der Waals surface area contributed by atoms with Crippen LogP contribution in [0.15, 0.2) is 84.0 Å². The molecule has 4 aromatic rings. The molecule has 0 spiro atoms. The summed E-state index contributed by atoms with van der Waals surface area (Å²) in [5.74, 6) is -0.329. The molecule has 5 nitrogen and oxygen atoms in total. The van der Waals surface area contributed by atoms with Crippen LogP contribution in [0, 0.1) is 0 Å². The van der Waals surface area contributed by atoms with Gasteiger partial charge in [-0.15, -0.1) is 0 Å². The van der Waals surface area contributed by atoms with E-state index in [4.69, 9.17) is 0 Å². The molecule has 0 aliphatic rings. The van der Waals surface area contributed by atoms with Gasteiger partial charge < -0.3 is 0 Å². The summed E-state index contributed by atoms with van der Waals surface area (Å²) >= 11 is 0. The van der Waals surface area contributed by atoms with Crippen LogP contribution in [0.3, 0.4) is 0 Å². The average molecular weight is 354 g/mol. The lowest BCUT2D eigenvalue weighted by Crippen LogP contribution is -2.19. The van der Waals surface area contributed by atoms with Crippen LogP contribution in [0.5, 0.6) is 0 Å². The highest BCUT2D eigenvalue weighted by Gasteiger charge is 2.11. The lowest BCUT2D eigenvalue weighted by molar-refractivity contribution is 0.0950. The van der Waals surface area contributed by atoms with Gasteiger partial charge in [0, 0.05) is 11.1 Å². The van der Waals surface area contributed by atoms with Crippen LogP contribution in [0.1, 0.15) is 23.0 Å². The Balaban J connectivity index is 1.54. The molecule has 5 heteroatoms. The predicted octanol–water partition coefficient (Wildman–Crippen LogP) is 4.38. The number of amides is 1. The third-order valence-corrected chi connectivity index (χ3v) is 4.40. The molecule has 0 aliphatic carbocycles. The molecular weight excluding hydrogens is 336 g/mol. The lowest BCUT2D eigenvalue weighted by atomic mass is 10.0. The van der Waals surface area contributed by atoms with E-state index in [1.807, 2.05) is 67.6 Å². The van der Waals surface area contributed by atoms with E-state index >= 15 is 0 Å². The van der Waals surface area contributed by atoms with Crippen LogP contribution >= 0.6 is 0 Å². The summed E-state index contributed by atoms with van der Waals surface area (Å²) in [5.41, 5.74) is 6.36. The number of H-pyrrole nitrogens is 1. The van der Waals surface area contributed by atoms with Gasteiger partial charge in [-0.05, 0) is 23.8 Å². The fourth-order valence-corrected chi connectivity index (χ4v) is 2.99. The number of aromatic amines is 1.